The van der Waals surface area contributed by atoms with Gasteiger partial charge in [-0.25, -0.2) is 0 Å². The Morgan fingerprint density at radius 1 is 1.05 bits per heavy atom. The number of carbonyl (C=O) groups is 1. The van der Waals surface area contributed by atoms with Gasteiger partial charge >= 0.3 is 0 Å². The molecule has 22 heavy (non-hydrogen) atoms. The second-order valence-electron chi connectivity index (χ2n) is 5.37. The summed E-state index contributed by atoms with van der Waals surface area (Å²) in [4.78, 5) is 14.4. The van der Waals surface area contributed by atoms with E-state index >= 15 is 0 Å². The SMILES string of the molecule is CCC(C)N(Cc1ccccc1)C(=O)COc1ccccc1. The van der Waals surface area contributed by atoms with Crippen LogP contribution in [-0.2, 0) is 11.3 Å². The van der Waals surface area contributed by atoms with E-state index in [1.54, 1.807) is 0 Å². The van der Waals surface area contributed by atoms with Crippen molar-refractivity contribution < 1.29 is 9.53 Å². The highest BCUT2D eigenvalue weighted by molar-refractivity contribution is 5.78. The predicted octanol–water partition coefficient (Wildman–Crippen LogP) is 3.89. The van der Waals surface area contributed by atoms with Crippen LogP contribution in [0, 0.1) is 0 Å². The third-order valence-electron chi connectivity index (χ3n) is 3.74. The van der Waals surface area contributed by atoms with Crippen molar-refractivity contribution in [1.29, 1.82) is 0 Å². The third-order valence-corrected chi connectivity index (χ3v) is 3.74. The Labute approximate surface area is 132 Å². The number of benzene rings is 2. The molecule has 0 aliphatic carbocycles. The standard InChI is InChI=1S/C19H23NO2/c1-3-16(2)20(14-17-10-6-4-7-11-17)19(21)15-22-18-12-8-5-9-13-18/h4-13,16H,3,14-15H2,1-2H3. The predicted molar refractivity (Wildman–Crippen MR) is 88.7 cm³/mol. The molecule has 0 bridgehead atoms. The Bertz CT molecular complexity index is 569. The molecule has 0 aromatic heterocycles. The molecule has 0 radical (unpaired) electrons. The van der Waals surface area contributed by atoms with Crippen LogP contribution in [0.3, 0.4) is 0 Å². The number of ether oxygens (including phenoxy) is 1. The van der Waals surface area contributed by atoms with E-state index in [9.17, 15) is 4.79 Å². The fourth-order valence-corrected chi connectivity index (χ4v) is 2.24. The minimum atomic E-state index is 0.0158. The van der Waals surface area contributed by atoms with E-state index in [2.05, 4.69) is 13.8 Å². The molecule has 2 aromatic carbocycles. The summed E-state index contributed by atoms with van der Waals surface area (Å²) in [7, 11) is 0. The number of rotatable bonds is 7. The summed E-state index contributed by atoms with van der Waals surface area (Å²) in [6.07, 6.45) is 0.921. The molecule has 0 fully saturated rings. The summed E-state index contributed by atoms with van der Waals surface area (Å²) in [6.45, 7) is 4.85. The van der Waals surface area contributed by atoms with Crippen molar-refractivity contribution in [3.05, 3.63) is 66.2 Å². The molecule has 0 heterocycles. The lowest BCUT2D eigenvalue weighted by molar-refractivity contribution is -0.136. The topological polar surface area (TPSA) is 29.5 Å². The van der Waals surface area contributed by atoms with Gasteiger partial charge in [0.15, 0.2) is 6.61 Å². The molecule has 116 valence electrons. The first-order chi connectivity index (χ1) is 10.7. The van der Waals surface area contributed by atoms with Gasteiger partial charge in [0, 0.05) is 12.6 Å². The average Bonchev–Trinajstić information content (AvgIpc) is 2.58. The zero-order chi connectivity index (χ0) is 15.8. The average molecular weight is 297 g/mol. The molecule has 0 saturated heterocycles. The van der Waals surface area contributed by atoms with Gasteiger partial charge < -0.3 is 9.64 Å². The monoisotopic (exact) mass is 297 g/mol. The maximum Gasteiger partial charge on any atom is 0.261 e. The molecule has 3 heteroatoms. The van der Waals surface area contributed by atoms with Gasteiger partial charge in [-0.15, -0.1) is 0 Å². The molecule has 2 aromatic rings. The zero-order valence-corrected chi connectivity index (χ0v) is 13.2. The molecular formula is C19H23NO2. The van der Waals surface area contributed by atoms with Gasteiger partial charge in [0.05, 0.1) is 0 Å². The van der Waals surface area contributed by atoms with Crippen LogP contribution in [0.15, 0.2) is 60.7 Å². The van der Waals surface area contributed by atoms with Crippen molar-refractivity contribution in [3.63, 3.8) is 0 Å². The number of para-hydroxylation sites is 1. The van der Waals surface area contributed by atoms with E-state index in [0.29, 0.717) is 6.54 Å². The third kappa shape index (κ3) is 4.62. The van der Waals surface area contributed by atoms with Crippen molar-refractivity contribution in [2.45, 2.75) is 32.9 Å². The first kappa shape index (κ1) is 16.1. The van der Waals surface area contributed by atoms with Crippen LogP contribution >= 0.6 is 0 Å². The van der Waals surface area contributed by atoms with E-state index in [0.717, 1.165) is 17.7 Å². The van der Waals surface area contributed by atoms with Crippen LogP contribution in [0.2, 0.25) is 0 Å². The maximum absolute atomic E-state index is 12.5. The van der Waals surface area contributed by atoms with Gasteiger partial charge in [-0.05, 0) is 31.0 Å². The highest BCUT2D eigenvalue weighted by atomic mass is 16.5. The summed E-state index contributed by atoms with van der Waals surface area (Å²) < 4.78 is 5.59. The molecule has 0 aliphatic rings. The van der Waals surface area contributed by atoms with Gasteiger partial charge in [-0.3, -0.25) is 4.79 Å². The number of hydrogen-bond donors (Lipinski definition) is 0. The second-order valence-corrected chi connectivity index (χ2v) is 5.37. The van der Waals surface area contributed by atoms with Crippen LogP contribution in [0.25, 0.3) is 0 Å². The van der Waals surface area contributed by atoms with Crippen LogP contribution < -0.4 is 4.74 Å². The molecule has 1 atom stereocenters. The summed E-state index contributed by atoms with van der Waals surface area (Å²) >= 11 is 0. The van der Waals surface area contributed by atoms with Crippen molar-refractivity contribution in [2.24, 2.45) is 0 Å². The molecule has 2 rings (SSSR count). The minimum Gasteiger partial charge on any atom is -0.484 e. The van der Waals surface area contributed by atoms with Crippen molar-refractivity contribution >= 4 is 5.91 Å². The quantitative estimate of drug-likeness (QED) is 0.776. The van der Waals surface area contributed by atoms with Gasteiger partial charge in [0.25, 0.3) is 5.91 Å². The van der Waals surface area contributed by atoms with Crippen LogP contribution in [0.5, 0.6) is 5.75 Å². The molecule has 0 N–H and O–H groups in total. The molecule has 1 amide bonds. The Kier molecular flexibility index (Phi) is 6.01. The molecule has 0 aliphatic heterocycles. The van der Waals surface area contributed by atoms with E-state index in [1.165, 1.54) is 0 Å². The second kappa shape index (κ2) is 8.23. The lowest BCUT2D eigenvalue weighted by Gasteiger charge is -2.28. The normalized spacial score (nSPS) is 11.7. The van der Waals surface area contributed by atoms with Gasteiger partial charge in [0.2, 0.25) is 0 Å². The maximum atomic E-state index is 12.5. The first-order valence-electron chi connectivity index (χ1n) is 7.72. The number of nitrogens with zero attached hydrogens (tertiary/aromatic N) is 1. The fraction of sp³-hybridized carbons (Fsp3) is 0.316. The van der Waals surface area contributed by atoms with Crippen molar-refractivity contribution in [3.8, 4) is 5.75 Å². The molecule has 1 unspecified atom stereocenters. The summed E-state index contributed by atoms with van der Waals surface area (Å²) in [5.74, 6) is 0.738. The van der Waals surface area contributed by atoms with Crippen LogP contribution in [0.1, 0.15) is 25.8 Å². The Morgan fingerprint density at radius 2 is 1.64 bits per heavy atom. The van der Waals surface area contributed by atoms with E-state index in [-0.39, 0.29) is 18.6 Å². The van der Waals surface area contributed by atoms with Crippen molar-refractivity contribution in [2.75, 3.05) is 6.61 Å². The lowest BCUT2D eigenvalue weighted by atomic mass is 10.1. The Morgan fingerprint density at radius 3 is 2.23 bits per heavy atom. The molecule has 0 saturated carbocycles. The fourth-order valence-electron chi connectivity index (χ4n) is 2.24. The Hall–Kier alpha value is -2.29. The van der Waals surface area contributed by atoms with Crippen molar-refractivity contribution in [1.82, 2.24) is 4.90 Å². The molecular weight excluding hydrogens is 274 g/mol. The molecule has 0 spiro atoms. The zero-order valence-electron chi connectivity index (χ0n) is 13.2. The van der Waals surface area contributed by atoms with Crippen LogP contribution in [0.4, 0.5) is 0 Å². The summed E-state index contributed by atoms with van der Waals surface area (Å²) in [5, 5.41) is 0. The largest absolute Gasteiger partial charge is 0.484 e. The number of carbonyl (C=O) groups excluding carboxylic acids is 1. The highest BCUT2D eigenvalue weighted by Crippen LogP contribution is 2.13. The highest BCUT2D eigenvalue weighted by Gasteiger charge is 2.19. The number of hydrogen-bond acceptors (Lipinski definition) is 2. The smallest absolute Gasteiger partial charge is 0.261 e. The Balaban J connectivity index is 2.00. The lowest BCUT2D eigenvalue weighted by Crippen LogP contribution is -2.40. The van der Waals surface area contributed by atoms with Gasteiger partial charge in [-0.1, -0.05) is 55.5 Å². The minimum absolute atomic E-state index is 0.0158. The van der Waals surface area contributed by atoms with E-state index in [1.807, 2.05) is 65.6 Å². The first-order valence-corrected chi connectivity index (χ1v) is 7.72. The van der Waals surface area contributed by atoms with E-state index in [4.69, 9.17) is 4.74 Å². The summed E-state index contributed by atoms with van der Waals surface area (Å²) in [5.41, 5.74) is 1.14. The van der Waals surface area contributed by atoms with Crippen LogP contribution in [-0.4, -0.2) is 23.5 Å². The van der Waals surface area contributed by atoms with E-state index < -0.39 is 0 Å². The summed E-state index contributed by atoms with van der Waals surface area (Å²) in [6, 6.07) is 19.7. The number of amides is 1. The van der Waals surface area contributed by atoms with Gasteiger partial charge in [0.1, 0.15) is 5.75 Å². The van der Waals surface area contributed by atoms with Gasteiger partial charge in [-0.2, -0.15) is 0 Å². The molecule has 3 nitrogen and oxygen atoms in total.